The molecule has 2 N–H and O–H groups in total. The standard InChI is InChI=1S/C19H23NO2/c1-14(13-15(2)21)20-18(16-9-5-3-6-10-16)19(22)17-11-7-4-8-12-17/h3-12,14,18-20,22H,13H2,1-2H3/t14?,18-,19+/m0/s1. The molecule has 0 fully saturated rings. The smallest absolute Gasteiger partial charge is 0.131 e. The van der Waals surface area contributed by atoms with E-state index in [4.69, 9.17) is 0 Å². The zero-order chi connectivity index (χ0) is 15.9. The maximum absolute atomic E-state index is 11.3. The third-order valence-corrected chi connectivity index (χ3v) is 3.67. The highest BCUT2D eigenvalue weighted by Gasteiger charge is 2.24. The molecule has 0 aliphatic rings. The number of ketones is 1. The van der Waals surface area contributed by atoms with Crippen molar-refractivity contribution < 1.29 is 9.90 Å². The van der Waals surface area contributed by atoms with Gasteiger partial charge in [-0.25, -0.2) is 0 Å². The molecule has 0 saturated carbocycles. The van der Waals surface area contributed by atoms with Crippen LogP contribution in [0.4, 0.5) is 0 Å². The summed E-state index contributed by atoms with van der Waals surface area (Å²) in [7, 11) is 0. The quantitative estimate of drug-likeness (QED) is 0.823. The lowest BCUT2D eigenvalue weighted by molar-refractivity contribution is -0.117. The molecule has 116 valence electrons. The zero-order valence-corrected chi connectivity index (χ0v) is 13.1. The number of nitrogens with one attached hydrogen (secondary N) is 1. The molecule has 22 heavy (non-hydrogen) atoms. The lowest BCUT2D eigenvalue weighted by atomic mass is 9.94. The summed E-state index contributed by atoms with van der Waals surface area (Å²) in [5.41, 5.74) is 1.87. The van der Waals surface area contributed by atoms with Crippen molar-refractivity contribution in [3.63, 3.8) is 0 Å². The van der Waals surface area contributed by atoms with E-state index in [0.717, 1.165) is 11.1 Å². The topological polar surface area (TPSA) is 49.3 Å². The first-order chi connectivity index (χ1) is 10.6. The van der Waals surface area contributed by atoms with Gasteiger partial charge in [-0.05, 0) is 25.0 Å². The van der Waals surface area contributed by atoms with E-state index in [2.05, 4.69) is 5.32 Å². The predicted octanol–water partition coefficient (Wildman–Crippen LogP) is 3.42. The second-order valence-electron chi connectivity index (χ2n) is 5.72. The Bertz CT molecular complexity index is 583. The Labute approximate surface area is 132 Å². The fraction of sp³-hybridized carbons (Fsp3) is 0.316. The summed E-state index contributed by atoms with van der Waals surface area (Å²) < 4.78 is 0. The molecule has 0 radical (unpaired) electrons. The Morgan fingerprint density at radius 3 is 2.00 bits per heavy atom. The largest absolute Gasteiger partial charge is 0.386 e. The van der Waals surface area contributed by atoms with E-state index in [-0.39, 0.29) is 17.9 Å². The maximum atomic E-state index is 11.3. The predicted molar refractivity (Wildman–Crippen MR) is 88.5 cm³/mol. The van der Waals surface area contributed by atoms with Gasteiger partial charge in [0.15, 0.2) is 0 Å². The van der Waals surface area contributed by atoms with Crippen LogP contribution in [0.5, 0.6) is 0 Å². The molecule has 0 amide bonds. The molecule has 2 aromatic rings. The van der Waals surface area contributed by atoms with Crippen LogP contribution in [0.15, 0.2) is 60.7 Å². The van der Waals surface area contributed by atoms with E-state index in [1.165, 1.54) is 0 Å². The second kappa shape index (κ2) is 7.87. The molecule has 0 heterocycles. The van der Waals surface area contributed by atoms with Crippen LogP contribution in [0.2, 0.25) is 0 Å². The summed E-state index contributed by atoms with van der Waals surface area (Å²) >= 11 is 0. The van der Waals surface area contributed by atoms with Gasteiger partial charge >= 0.3 is 0 Å². The number of rotatable bonds is 7. The Kier molecular flexibility index (Phi) is 5.87. The Hall–Kier alpha value is -1.97. The van der Waals surface area contributed by atoms with Crippen molar-refractivity contribution in [1.82, 2.24) is 5.32 Å². The molecule has 0 bridgehead atoms. The molecular weight excluding hydrogens is 274 g/mol. The van der Waals surface area contributed by atoms with E-state index in [9.17, 15) is 9.90 Å². The second-order valence-corrected chi connectivity index (χ2v) is 5.72. The number of hydrogen-bond acceptors (Lipinski definition) is 3. The first-order valence-corrected chi connectivity index (χ1v) is 7.61. The van der Waals surface area contributed by atoms with Crippen molar-refractivity contribution in [3.8, 4) is 0 Å². The van der Waals surface area contributed by atoms with Gasteiger partial charge in [0.2, 0.25) is 0 Å². The molecule has 0 saturated heterocycles. The van der Waals surface area contributed by atoms with E-state index in [0.29, 0.717) is 6.42 Å². The van der Waals surface area contributed by atoms with E-state index in [1.807, 2.05) is 67.6 Å². The first kappa shape index (κ1) is 16.4. The lowest BCUT2D eigenvalue weighted by Gasteiger charge is -2.28. The Morgan fingerprint density at radius 2 is 1.50 bits per heavy atom. The third kappa shape index (κ3) is 4.52. The summed E-state index contributed by atoms with van der Waals surface area (Å²) in [5.74, 6) is 0.140. The number of aliphatic hydroxyl groups excluding tert-OH is 1. The highest BCUT2D eigenvalue weighted by molar-refractivity contribution is 5.76. The average molecular weight is 297 g/mol. The van der Waals surface area contributed by atoms with Gasteiger partial charge in [-0.2, -0.15) is 0 Å². The maximum Gasteiger partial charge on any atom is 0.131 e. The van der Waals surface area contributed by atoms with Crippen LogP contribution in [-0.4, -0.2) is 16.9 Å². The number of hydrogen-bond donors (Lipinski definition) is 2. The third-order valence-electron chi connectivity index (χ3n) is 3.67. The normalized spacial score (nSPS) is 15.0. The molecular formula is C19H23NO2. The molecule has 0 aliphatic heterocycles. The fourth-order valence-corrected chi connectivity index (χ4v) is 2.67. The van der Waals surface area contributed by atoms with Crippen LogP contribution in [0.3, 0.4) is 0 Å². The van der Waals surface area contributed by atoms with Crippen LogP contribution in [0, 0.1) is 0 Å². The van der Waals surface area contributed by atoms with E-state index >= 15 is 0 Å². The summed E-state index contributed by atoms with van der Waals surface area (Å²) in [6.45, 7) is 3.55. The summed E-state index contributed by atoms with van der Waals surface area (Å²) in [4.78, 5) is 11.3. The summed E-state index contributed by atoms with van der Waals surface area (Å²) in [6, 6.07) is 19.2. The average Bonchev–Trinajstić information content (AvgIpc) is 2.53. The van der Waals surface area contributed by atoms with E-state index in [1.54, 1.807) is 6.92 Å². The SMILES string of the molecule is CC(=O)CC(C)N[C@@H](c1ccccc1)[C@H](O)c1ccccc1. The highest BCUT2D eigenvalue weighted by Crippen LogP contribution is 2.29. The van der Waals surface area contributed by atoms with Crippen molar-refractivity contribution >= 4 is 5.78 Å². The molecule has 0 aromatic heterocycles. The highest BCUT2D eigenvalue weighted by atomic mass is 16.3. The number of aliphatic hydroxyl groups is 1. The fourth-order valence-electron chi connectivity index (χ4n) is 2.67. The number of carbonyl (C=O) groups is 1. The van der Waals surface area contributed by atoms with Crippen molar-refractivity contribution in [2.45, 2.75) is 38.5 Å². The summed E-state index contributed by atoms with van der Waals surface area (Å²) in [6.07, 6.45) is -0.219. The van der Waals surface area contributed by atoms with E-state index < -0.39 is 6.10 Å². The number of carbonyl (C=O) groups excluding carboxylic acids is 1. The molecule has 1 unspecified atom stereocenters. The zero-order valence-electron chi connectivity index (χ0n) is 13.1. The molecule has 2 aromatic carbocycles. The van der Waals surface area contributed by atoms with Crippen molar-refractivity contribution in [3.05, 3.63) is 71.8 Å². The van der Waals surface area contributed by atoms with Crippen molar-refractivity contribution in [1.29, 1.82) is 0 Å². The van der Waals surface area contributed by atoms with Gasteiger partial charge in [-0.1, -0.05) is 60.7 Å². The van der Waals surface area contributed by atoms with Crippen molar-refractivity contribution in [2.24, 2.45) is 0 Å². The van der Waals surface area contributed by atoms with Crippen LogP contribution < -0.4 is 5.32 Å². The van der Waals surface area contributed by atoms with Gasteiger partial charge < -0.3 is 10.4 Å². The van der Waals surface area contributed by atoms with Gasteiger partial charge in [0.1, 0.15) is 5.78 Å². The molecule has 3 nitrogen and oxygen atoms in total. The lowest BCUT2D eigenvalue weighted by Crippen LogP contribution is -2.35. The molecule has 2 rings (SSSR count). The van der Waals surface area contributed by atoms with Gasteiger partial charge in [-0.3, -0.25) is 4.79 Å². The van der Waals surface area contributed by atoms with Crippen LogP contribution in [-0.2, 0) is 4.79 Å². The van der Waals surface area contributed by atoms with Gasteiger partial charge in [-0.15, -0.1) is 0 Å². The summed E-state index contributed by atoms with van der Waals surface area (Å²) in [5, 5.41) is 14.2. The minimum atomic E-state index is -0.669. The Morgan fingerprint density at radius 1 is 1.00 bits per heavy atom. The monoisotopic (exact) mass is 297 g/mol. The minimum Gasteiger partial charge on any atom is -0.386 e. The Balaban J connectivity index is 2.24. The van der Waals surface area contributed by atoms with Gasteiger partial charge in [0, 0.05) is 12.5 Å². The molecule has 3 heteroatoms. The number of Topliss-reactive ketones (excluding diaryl/α,β-unsaturated/α-hetero) is 1. The van der Waals surface area contributed by atoms with Crippen LogP contribution in [0.1, 0.15) is 43.5 Å². The minimum absolute atomic E-state index is 0.000989. The van der Waals surface area contributed by atoms with Crippen molar-refractivity contribution in [2.75, 3.05) is 0 Å². The van der Waals surface area contributed by atoms with Crippen LogP contribution >= 0.6 is 0 Å². The number of benzene rings is 2. The first-order valence-electron chi connectivity index (χ1n) is 7.61. The van der Waals surface area contributed by atoms with Crippen LogP contribution in [0.25, 0.3) is 0 Å². The molecule has 0 spiro atoms. The van der Waals surface area contributed by atoms with Gasteiger partial charge in [0.25, 0.3) is 0 Å². The molecule has 3 atom stereocenters. The molecule has 0 aliphatic carbocycles. The van der Waals surface area contributed by atoms with Gasteiger partial charge in [0.05, 0.1) is 12.1 Å².